The molecular formula is C19H25FN2O. The maximum absolute atomic E-state index is 13.7. The highest BCUT2D eigenvalue weighted by Gasteiger charge is 2.32. The Hall–Kier alpha value is -1.52. The van der Waals surface area contributed by atoms with E-state index in [9.17, 15) is 9.50 Å². The lowest BCUT2D eigenvalue weighted by Crippen LogP contribution is -2.48. The van der Waals surface area contributed by atoms with Crippen LogP contribution in [-0.4, -0.2) is 15.6 Å². The number of pyridine rings is 1. The zero-order chi connectivity index (χ0) is 16.4. The Labute approximate surface area is 136 Å². The van der Waals surface area contributed by atoms with Crippen molar-refractivity contribution in [1.82, 2.24) is 10.3 Å². The Morgan fingerprint density at radius 3 is 2.74 bits per heavy atom. The van der Waals surface area contributed by atoms with Crippen LogP contribution in [0, 0.1) is 11.7 Å². The quantitative estimate of drug-likeness (QED) is 0.826. The van der Waals surface area contributed by atoms with Crippen LogP contribution in [0.2, 0.25) is 0 Å². The van der Waals surface area contributed by atoms with Crippen molar-refractivity contribution in [3.8, 4) is 0 Å². The first-order valence-corrected chi connectivity index (χ1v) is 8.47. The summed E-state index contributed by atoms with van der Waals surface area (Å²) >= 11 is 0. The van der Waals surface area contributed by atoms with Crippen LogP contribution in [0.3, 0.4) is 0 Å². The second-order valence-corrected chi connectivity index (χ2v) is 7.18. The first kappa shape index (κ1) is 16.3. The molecule has 0 radical (unpaired) electrons. The lowest BCUT2D eigenvalue weighted by Gasteiger charge is -2.39. The largest absolute Gasteiger partial charge is 0.374 e. The van der Waals surface area contributed by atoms with Gasteiger partial charge in [0.15, 0.2) is 0 Å². The Balaban J connectivity index is 1.78. The molecule has 1 saturated carbocycles. The van der Waals surface area contributed by atoms with Gasteiger partial charge in [0.05, 0.1) is 0 Å². The van der Waals surface area contributed by atoms with Crippen molar-refractivity contribution < 1.29 is 9.50 Å². The molecule has 0 saturated heterocycles. The minimum atomic E-state index is -0.799. The van der Waals surface area contributed by atoms with Crippen molar-refractivity contribution in [2.75, 3.05) is 0 Å². The molecule has 2 aromatic rings. The number of nitrogens with one attached hydrogen (secondary N) is 1. The molecule has 1 aliphatic carbocycles. The monoisotopic (exact) mass is 316 g/mol. The van der Waals surface area contributed by atoms with Gasteiger partial charge in [0, 0.05) is 22.7 Å². The van der Waals surface area contributed by atoms with E-state index in [-0.39, 0.29) is 11.4 Å². The smallest absolute Gasteiger partial charge is 0.149 e. The number of fused-ring (bicyclic) bond motifs is 1. The van der Waals surface area contributed by atoms with Crippen LogP contribution in [0.25, 0.3) is 10.9 Å². The topological polar surface area (TPSA) is 45.1 Å². The summed E-state index contributed by atoms with van der Waals surface area (Å²) in [5, 5.41) is 14.6. The highest BCUT2D eigenvalue weighted by atomic mass is 19.1. The van der Waals surface area contributed by atoms with Crippen LogP contribution < -0.4 is 5.32 Å². The molecule has 1 unspecified atom stereocenters. The molecule has 0 aliphatic heterocycles. The third-order valence-corrected chi connectivity index (χ3v) is 5.13. The average Bonchev–Trinajstić information content (AvgIpc) is 2.55. The number of aromatic nitrogens is 1. The van der Waals surface area contributed by atoms with Gasteiger partial charge in [0.2, 0.25) is 0 Å². The number of hydrogen-bond donors (Lipinski definition) is 2. The number of aliphatic hydroxyl groups excluding tert-OH is 1. The van der Waals surface area contributed by atoms with Crippen LogP contribution in [0.1, 0.15) is 57.7 Å². The Morgan fingerprint density at radius 1 is 1.26 bits per heavy atom. The van der Waals surface area contributed by atoms with Crippen LogP contribution in [0.5, 0.6) is 0 Å². The highest BCUT2D eigenvalue weighted by molar-refractivity contribution is 5.79. The SMILES string of the molecule is CC(C)(NC(O)c1cnc2c(F)cccc2c1)C1CCCCC1. The van der Waals surface area contributed by atoms with Crippen molar-refractivity contribution in [2.45, 2.75) is 57.7 Å². The molecule has 1 heterocycles. The summed E-state index contributed by atoms with van der Waals surface area (Å²) < 4.78 is 13.7. The molecule has 1 aromatic heterocycles. The van der Waals surface area contributed by atoms with Gasteiger partial charge in [0.25, 0.3) is 0 Å². The van der Waals surface area contributed by atoms with E-state index < -0.39 is 6.23 Å². The first-order valence-electron chi connectivity index (χ1n) is 8.47. The van der Waals surface area contributed by atoms with Crippen molar-refractivity contribution in [1.29, 1.82) is 0 Å². The van der Waals surface area contributed by atoms with Crippen LogP contribution in [0.15, 0.2) is 30.5 Å². The van der Waals surface area contributed by atoms with Crippen molar-refractivity contribution in [3.63, 3.8) is 0 Å². The van der Waals surface area contributed by atoms with Crippen LogP contribution in [0.4, 0.5) is 4.39 Å². The number of aliphatic hydroxyl groups is 1. The molecular weight excluding hydrogens is 291 g/mol. The Kier molecular flexibility index (Phi) is 4.64. The Bertz CT molecular complexity index is 680. The van der Waals surface area contributed by atoms with Crippen LogP contribution in [-0.2, 0) is 0 Å². The summed E-state index contributed by atoms with van der Waals surface area (Å²) in [7, 11) is 0. The number of para-hydroxylation sites is 1. The summed E-state index contributed by atoms with van der Waals surface area (Å²) in [6.07, 6.45) is 7.01. The van der Waals surface area contributed by atoms with E-state index in [0.29, 0.717) is 22.4 Å². The lowest BCUT2D eigenvalue weighted by molar-refractivity contribution is 0.0674. The molecule has 1 fully saturated rings. The van der Waals surface area contributed by atoms with E-state index >= 15 is 0 Å². The lowest BCUT2D eigenvalue weighted by atomic mass is 9.76. The van der Waals surface area contributed by atoms with Crippen molar-refractivity contribution >= 4 is 10.9 Å². The predicted octanol–water partition coefficient (Wildman–Crippen LogP) is 4.31. The molecule has 1 aromatic carbocycles. The van der Waals surface area contributed by atoms with E-state index in [1.807, 2.05) is 6.07 Å². The van der Waals surface area contributed by atoms with Gasteiger partial charge in [-0.15, -0.1) is 0 Å². The molecule has 124 valence electrons. The van der Waals surface area contributed by atoms with E-state index in [0.717, 1.165) is 0 Å². The number of benzene rings is 1. The minimum absolute atomic E-state index is 0.142. The molecule has 0 bridgehead atoms. The third-order valence-electron chi connectivity index (χ3n) is 5.13. The second kappa shape index (κ2) is 6.54. The molecule has 3 rings (SSSR count). The molecule has 1 aliphatic rings. The van der Waals surface area contributed by atoms with Gasteiger partial charge in [-0.1, -0.05) is 31.4 Å². The molecule has 23 heavy (non-hydrogen) atoms. The normalized spacial score (nSPS) is 18.3. The van der Waals surface area contributed by atoms with Gasteiger partial charge in [-0.2, -0.15) is 0 Å². The summed E-state index contributed by atoms with van der Waals surface area (Å²) in [5.74, 6) is 0.232. The zero-order valence-corrected chi connectivity index (χ0v) is 13.8. The van der Waals surface area contributed by atoms with Crippen LogP contribution >= 0.6 is 0 Å². The first-order chi connectivity index (χ1) is 11.0. The summed E-state index contributed by atoms with van der Waals surface area (Å²) in [5.41, 5.74) is 0.874. The molecule has 3 nitrogen and oxygen atoms in total. The van der Waals surface area contributed by atoms with Gasteiger partial charge in [0.1, 0.15) is 17.6 Å². The fourth-order valence-corrected chi connectivity index (χ4v) is 3.67. The maximum atomic E-state index is 13.7. The van der Waals surface area contributed by atoms with Gasteiger partial charge in [-0.25, -0.2) is 4.39 Å². The van der Waals surface area contributed by atoms with Gasteiger partial charge in [-0.05, 0) is 44.7 Å². The van der Waals surface area contributed by atoms with Gasteiger partial charge < -0.3 is 5.11 Å². The van der Waals surface area contributed by atoms with Gasteiger partial charge >= 0.3 is 0 Å². The van der Waals surface area contributed by atoms with E-state index in [2.05, 4.69) is 24.1 Å². The number of hydrogen-bond acceptors (Lipinski definition) is 3. The molecule has 1 atom stereocenters. The zero-order valence-electron chi connectivity index (χ0n) is 13.8. The molecule has 2 N–H and O–H groups in total. The second-order valence-electron chi connectivity index (χ2n) is 7.18. The van der Waals surface area contributed by atoms with Crippen molar-refractivity contribution in [2.24, 2.45) is 5.92 Å². The maximum Gasteiger partial charge on any atom is 0.149 e. The summed E-state index contributed by atoms with van der Waals surface area (Å²) in [6.45, 7) is 4.31. The Morgan fingerprint density at radius 2 is 2.00 bits per heavy atom. The van der Waals surface area contributed by atoms with Crippen molar-refractivity contribution in [3.05, 3.63) is 41.8 Å². The summed E-state index contributed by atoms with van der Waals surface area (Å²) in [4.78, 5) is 4.17. The molecule has 4 heteroatoms. The fourth-order valence-electron chi connectivity index (χ4n) is 3.67. The number of nitrogens with zero attached hydrogens (tertiary/aromatic N) is 1. The average molecular weight is 316 g/mol. The van der Waals surface area contributed by atoms with E-state index in [1.54, 1.807) is 18.3 Å². The van der Waals surface area contributed by atoms with E-state index in [1.165, 1.54) is 38.2 Å². The molecule has 0 amide bonds. The summed E-state index contributed by atoms with van der Waals surface area (Å²) in [6, 6.07) is 6.68. The van der Waals surface area contributed by atoms with Gasteiger partial charge in [-0.3, -0.25) is 10.3 Å². The van der Waals surface area contributed by atoms with E-state index in [4.69, 9.17) is 0 Å². The highest BCUT2D eigenvalue weighted by Crippen LogP contribution is 2.33. The molecule has 0 spiro atoms. The predicted molar refractivity (Wildman–Crippen MR) is 90.5 cm³/mol. The number of rotatable bonds is 4. The number of halogens is 1. The minimum Gasteiger partial charge on any atom is -0.374 e. The standard InChI is InChI=1S/C19H25FN2O/c1-19(2,15-8-4-3-5-9-15)22-18(23)14-11-13-7-6-10-16(20)17(13)21-12-14/h6-7,10-12,15,18,22-23H,3-5,8-9H2,1-2H3. The fraction of sp³-hybridized carbons (Fsp3) is 0.526. The third kappa shape index (κ3) is 3.54.